The van der Waals surface area contributed by atoms with Crippen LogP contribution in [0.3, 0.4) is 0 Å². The Balaban J connectivity index is 1.08. The van der Waals surface area contributed by atoms with E-state index in [-0.39, 0.29) is 0 Å². The summed E-state index contributed by atoms with van der Waals surface area (Å²) in [7, 11) is 0. The van der Waals surface area contributed by atoms with Gasteiger partial charge in [0, 0.05) is 0 Å². The van der Waals surface area contributed by atoms with E-state index in [1.165, 1.54) is 122 Å². The van der Waals surface area contributed by atoms with Gasteiger partial charge in [0.1, 0.15) is 0 Å². The maximum atomic E-state index is 2.51. The molecule has 0 heterocycles. The van der Waals surface area contributed by atoms with Gasteiger partial charge < -0.3 is 0 Å². The highest BCUT2D eigenvalue weighted by Crippen LogP contribution is 2.58. The molecule has 11 aromatic rings. The second-order valence-corrected chi connectivity index (χ2v) is 17.0. The van der Waals surface area contributed by atoms with Gasteiger partial charge in [-0.15, -0.1) is 0 Å². The molecule has 0 aromatic heterocycles. The molecule has 0 saturated heterocycles. The number of benzene rings is 11. The zero-order valence-electron chi connectivity index (χ0n) is 34.6. The summed E-state index contributed by atoms with van der Waals surface area (Å²) in [5.41, 5.74) is 22.3. The van der Waals surface area contributed by atoms with Crippen LogP contribution in [-0.4, -0.2) is 0 Å². The lowest BCUT2D eigenvalue weighted by molar-refractivity contribution is 0.769. The fourth-order valence-electron chi connectivity index (χ4n) is 11.4. The summed E-state index contributed by atoms with van der Waals surface area (Å²) in [4.78, 5) is 0. The first-order valence-corrected chi connectivity index (χ1v) is 22.0. The monoisotopic (exact) mass is 796 g/mol. The minimum absolute atomic E-state index is 0.480. The first-order valence-electron chi connectivity index (χ1n) is 22.0. The Labute approximate surface area is 368 Å². The smallest absolute Gasteiger partial charge is 0.0622 e. The average Bonchev–Trinajstić information content (AvgIpc) is 3.66. The van der Waals surface area contributed by atoms with Crippen molar-refractivity contribution < 1.29 is 0 Å². The topological polar surface area (TPSA) is 0 Å². The predicted octanol–water partition coefficient (Wildman–Crippen LogP) is 16.7. The molecule has 63 heavy (non-hydrogen) atoms. The van der Waals surface area contributed by atoms with Crippen LogP contribution in [0.4, 0.5) is 0 Å². The quantitative estimate of drug-likeness (QED) is 0.156. The third-order valence-corrected chi connectivity index (χ3v) is 13.9. The molecule has 292 valence electrons. The number of fused-ring (bicyclic) bond motifs is 13. The van der Waals surface area contributed by atoms with Gasteiger partial charge in [0.2, 0.25) is 0 Å². The third kappa shape index (κ3) is 5.16. The molecular formula is C63H40. The van der Waals surface area contributed by atoms with Crippen LogP contribution in [0.25, 0.3) is 99.4 Å². The summed E-state index contributed by atoms with van der Waals surface area (Å²) in [5, 5.41) is 4.99. The Morgan fingerprint density at radius 1 is 0.206 bits per heavy atom. The second-order valence-electron chi connectivity index (χ2n) is 17.0. The van der Waals surface area contributed by atoms with Crippen molar-refractivity contribution in [1.29, 1.82) is 0 Å². The molecule has 13 rings (SSSR count). The van der Waals surface area contributed by atoms with Gasteiger partial charge in [0.05, 0.1) is 5.41 Å². The van der Waals surface area contributed by atoms with Crippen LogP contribution in [0.5, 0.6) is 0 Å². The SMILES string of the molecule is c1ccc(C2(c3ccccc3)c3ccccc3-c3ccc(-c4c5ccccc5c(-c5ccc6c(c5)-c5ccccc5-c5ccccc5-c5ccccc5-6)c5ccccc45)cc32)cc1. The maximum Gasteiger partial charge on any atom is 0.0713 e. The van der Waals surface area contributed by atoms with Crippen molar-refractivity contribution in [3.05, 3.63) is 265 Å². The minimum Gasteiger partial charge on any atom is -0.0622 e. The Bertz CT molecular complexity index is 3510. The van der Waals surface area contributed by atoms with Crippen molar-refractivity contribution in [2.75, 3.05) is 0 Å². The van der Waals surface area contributed by atoms with Crippen LogP contribution in [-0.2, 0) is 5.41 Å². The van der Waals surface area contributed by atoms with Crippen LogP contribution in [0, 0.1) is 0 Å². The van der Waals surface area contributed by atoms with Gasteiger partial charge in [-0.1, -0.05) is 231 Å². The summed E-state index contributed by atoms with van der Waals surface area (Å²) in [6.45, 7) is 0. The lowest BCUT2D eigenvalue weighted by atomic mass is 9.67. The van der Waals surface area contributed by atoms with Gasteiger partial charge in [0.15, 0.2) is 0 Å². The average molecular weight is 797 g/mol. The van der Waals surface area contributed by atoms with Crippen molar-refractivity contribution in [3.63, 3.8) is 0 Å². The zero-order valence-corrected chi connectivity index (χ0v) is 34.6. The van der Waals surface area contributed by atoms with E-state index in [1.807, 2.05) is 0 Å². The first-order chi connectivity index (χ1) is 31.3. The molecule has 0 bridgehead atoms. The largest absolute Gasteiger partial charge is 0.0713 e. The van der Waals surface area contributed by atoms with Crippen molar-refractivity contribution in [2.24, 2.45) is 0 Å². The van der Waals surface area contributed by atoms with Crippen LogP contribution in [0.2, 0.25) is 0 Å². The van der Waals surface area contributed by atoms with Gasteiger partial charge in [-0.3, -0.25) is 0 Å². The fourth-order valence-corrected chi connectivity index (χ4v) is 11.4. The molecule has 0 nitrogen and oxygen atoms in total. The fraction of sp³-hybridized carbons (Fsp3) is 0.0159. The van der Waals surface area contributed by atoms with E-state index in [9.17, 15) is 0 Å². The first kappa shape index (κ1) is 35.7. The normalized spacial score (nSPS) is 12.9. The van der Waals surface area contributed by atoms with Crippen molar-refractivity contribution >= 4 is 21.5 Å². The highest BCUT2D eigenvalue weighted by molar-refractivity contribution is 6.22. The standard InChI is InChI=1S/C63H40/c1-3-19-43(20-4-1)63(44-21-5-2-6-22-44)59-34-18-17-29-52(59)53-38-36-42(40-60(53)63)62-56-32-15-13-30-54(56)61(55-31-14-16-33-57(55)62)41-35-37-51-49-27-10-9-25-47(49)45-23-7-8-24-46(45)48-26-11-12-28-50(48)58(51)39-41/h1-40H. The minimum atomic E-state index is -0.480. The molecule has 2 aliphatic carbocycles. The number of hydrogen-bond acceptors (Lipinski definition) is 0. The van der Waals surface area contributed by atoms with Gasteiger partial charge in [-0.25, -0.2) is 0 Å². The molecular weight excluding hydrogens is 757 g/mol. The van der Waals surface area contributed by atoms with E-state index < -0.39 is 5.41 Å². The van der Waals surface area contributed by atoms with Crippen LogP contribution >= 0.6 is 0 Å². The van der Waals surface area contributed by atoms with Crippen molar-refractivity contribution in [1.82, 2.24) is 0 Å². The summed E-state index contributed by atoms with van der Waals surface area (Å²) in [6, 6.07) is 90.6. The van der Waals surface area contributed by atoms with E-state index >= 15 is 0 Å². The Hall–Kier alpha value is -8.06. The molecule has 0 fully saturated rings. The molecule has 0 radical (unpaired) electrons. The van der Waals surface area contributed by atoms with Crippen molar-refractivity contribution in [2.45, 2.75) is 5.41 Å². The molecule has 0 aliphatic heterocycles. The van der Waals surface area contributed by atoms with Gasteiger partial charge in [-0.2, -0.15) is 0 Å². The van der Waals surface area contributed by atoms with Crippen LogP contribution in [0.15, 0.2) is 243 Å². The number of rotatable bonds is 4. The van der Waals surface area contributed by atoms with E-state index in [2.05, 4.69) is 243 Å². The molecule has 2 aliphatic rings. The van der Waals surface area contributed by atoms with E-state index in [0.29, 0.717) is 0 Å². The molecule has 0 amide bonds. The molecule has 0 atom stereocenters. The van der Waals surface area contributed by atoms with E-state index in [4.69, 9.17) is 0 Å². The molecule has 11 aromatic carbocycles. The Morgan fingerprint density at radius 2 is 0.524 bits per heavy atom. The number of hydrogen-bond donors (Lipinski definition) is 0. The Kier molecular flexibility index (Phi) is 7.92. The summed E-state index contributed by atoms with van der Waals surface area (Å²) in [5.74, 6) is 0. The maximum absolute atomic E-state index is 2.51. The zero-order chi connectivity index (χ0) is 41.5. The lowest BCUT2D eigenvalue weighted by Crippen LogP contribution is -2.28. The van der Waals surface area contributed by atoms with Crippen LogP contribution in [0.1, 0.15) is 22.3 Å². The summed E-state index contributed by atoms with van der Waals surface area (Å²) >= 11 is 0. The van der Waals surface area contributed by atoms with E-state index in [0.717, 1.165) is 0 Å². The highest BCUT2D eigenvalue weighted by Gasteiger charge is 2.46. The lowest BCUT2D eigenvalue weighted by Gasteiger charge is -2.34. The van der Waals surface area contributed by atoms with Crippen molar-refractivity contribution in [3.8, 4) is 77.9 Å². The molecule has 0 N–H and O–H groups in total. The summed E-state index contributed by atoms with van der Waals surface area (Å²) < 4.78 is 0. The second kappa shape index (κ2) is 14.0. The molecule has 0 heteroatoms. The van der Waals surface area contributed by atoms with E-state index in [1.54, 1.807) is 0 Å². The molecule has 0 saturated carbocycles. The van der Waals surface area contributed by atoms with Gasteiger partial charge in [0.25, 0.3) is 0 Å². The summed E-state index contributed by atoms with van der Waals surface area (Å²) in [6.07, 6.45) is 0. The molecule has 0 unspecified atom stereocenters. The van der Waals surface area contributed by atoms with Crippen LogP contribution < -0.4 is 0 Å². The predicted molar refractivity (Wildman–Crippen MR) is 265 cm³/mol. The Morgan fingerprint density at radius 3 is 0.984 bits per heavy atom. The highest BCUT2D eigenvalue weighted by atomic mass is 14.5. The van der Waals surface area contributed by atoms with Gasteiger partial charge in [-0.05, 0) is 134 Å². The third-order valence-electron chi connectivity index (χ3n) is 13.9. The molecule has 0 spiro atoms. The van der Waals surface area contributed by atoms with Gasteiger partial charge >= 0.3 is 0 Å².